The number of rotatable bonds is 2. The first-order valence-electron chi connectivity index (χ1n) is 13.7. The Bertz CT molecular complexity index is 2380. The Labute approximate surface area is 267 Å². The van der Waals surface area contributed by atoms with Crippen molar-refractivity contribution in [1.82, 2.24) is 19.9 Å². The van der Waals surface area contributed by atoms with Gasteiger partial charge < -0.3 is 9.97 Å². The maximum absolute atomic E-state index is 5.17. The Kier molecular flexibility index (Phi) is 5.40. The van der Waals surface area contributed by atoms with Crippen molar-refractivity contribution in [2.24, 2.45) is 0 Å². The monoisotopic (exact) mass is 762 g/mol. The molecule has 2 heterocycles. The summed E-state index contributed by atoms with van der Waals surface area (Å²) < 4.78 is 2.41. The van der Waals surface area contributed by atoms with Crippen molar-refractivity contribution in [3.8, 4) is 22.8 Å². The van der Waals surface area contributed by atoms with Gasteiger partial charge in [-0.25, -0.2) is 9.97 Å². The zero-order valence-electron chi connectivity index (χ0n) is 22.0. The summed E-state index contributed by atoms with van der Waals surface area (Å²) in [5.74, 6) is 1.70. The molecule has 0 bridgehead atoms. The molecule has 9 rings (SSSR count). The number of fused-ring (bicyclic) bond motifs is 12. The molecule has 2 N–H and O–H groups in total. The van der Waals surface area contributed by atoms with Gasteiger partial charge in [-0.05, 0) is 97.1 Å². The molecule has 0 saturated carbocycles. The zero-order chi connectivity index (χ0) is 27.9. The molecule has 0 amide bonds. The van der Waals surface area contributed by atoms with Gasteiger partial charge in [-0.15, -0.1) is 0 Å². The van der Waals surface area contributed by atoms with Gasteiger partial charge in [0.2, 0.25) is 0 Å². The van der Waals surface area contributed by atoms with E-state index in [9.17, 15) is 0 Å². The average Bonchev–Trinajstić information content (AvgIpc) is 3.68. The summed E-state index contributed by atoms with van der Waals surface area (Å²) in [6, 6.07) is 38.8. The Morgan fingerprint density at radius 3 is 1.31 bits per heavy atom. The van der Waals surface area contributed by atoms with Crippen LogP contribution in [-0.4, -0.2) is 19.9 Å². The molecule has 4 nitrogen and oxygen atoms in total. The normalized spacial score (nSPS) is 12.0. The summed E-state index contributed by atoms with van der Waals surface area (Å²) in [5, 5.41) is 9.61. The van der Waals surface area contributed by atoms with E-state index in [-0.39, 0.29) is 0 Å². The largest absolute Gasteiger partial charge is 0.337 e. The lowest BCUT2D eigenvalue weighted by atomic mass is 10.0. The topological polar surface area (TPSA) is 57.4 Å². The van der Waals surface area contributed by atoms with E-state index < -0.39 is 0 Å². The number of nitrogens with one attached hydrogen (secondary N) is 2. The van der Waals surface area contributed by atoms with Gasteiger partial charge >= 0.3 is 0 Å². The minimum atomic E-state index is 0.852. The van der Waals surface area contributed by atoms with Crippen LogP contribution in [0.5, 0.6) is 0 Å². The summed E-state index contributed by atoms with van der Waals surface area (Å²) in [5.41, 5.74) is 6.18. The molecule has 0 unspecified atom stereocenters. The smallest absolute Gasteiger partial charge is 0.138 e. The standard InChI is InChI=1S/C36H20I2N4/c37-21-12-14-25-23-8-1-3-10-27(23)31-33(29(25)17-21)41-35(39-31)19-6-5-7-20(16-19)36-40-32-28-11-4-2-9-24(28)26-15-13-22(38)18-30(26)34(32)42-36/h1-18H,(H,39,41)(H,40,42). The molecule has 0 spiro atoms. The number of nitrogens with zero attached hydrogens (tertiary/aromatic N) is 2. The van der Waals surface area contributed by atoms with Gasteiger partial charge in [-0.2, -0.15) is 0 Å². The molecule has 2 aromatic heterocycles. The second-order valence-corrected chi connectivity index (χ2v) is 13.2. The lowest BCUT2D eigenvalue weighted by Gasteiger charge is -2.06. The molecule has 0 atom stereocenters. The maximum atomic E-state index is 5.17. The van der Waals surface area contributed by atoms with Crippen LogP contribution in [0.3, 0.4) is 0 Å². The van der Waals surface area contributed by atoms with E-state index in [0.29, 0.717) is 0 Å². The Hall–Kier alpha value is -4.02. The van der Waals surface area contributed by atoms with E-state index in [4.69, 9.17) is 9.97 Å². The van der Waals surface area contributed by atoms with Crippen LogP contribution in [0.2, 0.25) is 0 Å². The first-order chi connectivity index (χ1) is 20.6. The SMILES string of the molecule is Ic1ccc2c3ccccc3c3nc(-c4cccc(-c5nc6c7ccccc7c7ccc(I)cc7c6[nH]5)c4)[nH]c3c2c1. The molecule has 9 aromatic rings. The van der Waals surface area contributed by atoms with Gasteiger partial charge in [-0.1, -0.05) is 78.9 Å². The Morgan fingerprint density at radius 2 is 0.833 bits per heavy atom. The highest BCUT2D eigenvalue weighted by Crippen LogP contribution is 2.38. The van der Waals surface area contributed by atoms with Crippen molar-refractivity contribution in [1.29, 1.82) is 0 Å². The third-order valence-electron chi connectivity index (χ3n) is 8.26. The van der Waals surface area contributed by atoms with Crippen molar-refractivity contribution in [2.45, 2.75) is 0 Å². The molecular formula is C36H20I2N4. The highest BCUT2D eigenvalue weighted by Gasteiger charge is 2.17. The molecule has 0 fully saturated rings. The fourth-order valence-electron chi connectivity index (χ4n) is 6.38. The van der Waals surface area contributed by atoms with Crippen molar-refractivity contribution < 1.29 is 0 Å². The molecule has 0 radical (unpaired) electrons. The number of imidazole rings is 2. The van der Waals surface area contributed by atoms with E-state index in [1.165, 1.54) is 39.5 Å². The lowest BCUT2D eigenvalue weighted by molar-refractivity contribution is 1.32. The van der Waals surface area contributed by atoms with E-state index >= 15 is 0 Å². The average molecular weight is 762 g/mol. The lowest BCUT2D eigenvalue weighted by Crippen LogP contribution is -1.84. The summed E-state index contributed by atoms with van der Waals surface area (Å²) in [7, 11) is 0. The van der Waals surface area contributed by atoms with Gasteiger partial charge in [0.05, 0.1) is 22.1 Å². The summed E-state index contributed by atoms with van der Waals surface area (Å²) in [4.78, 5) is 17.7. The van der Waals surface area contributed by atoms with Crippen LogP contribution < -0.4 is 0 Å². The molecule has 7 aromatic carbocycles. The van der Waals surface area contributed by atoms with E-state index in [1.807, 2.05) is 0 Å². The minimum Gasteiger partial charge on any atom is -0.337 e. The van der Waals surface area contributed by atoms with Crippen molar-refractivity contribution in [2.75, 3.05) is 0 Å². The van der Waals surface area contributed by atoms with E-state index in [1.54, 1.807) is 0 Å². The zero-order valence-corrected chi connectivity index (χ0v) is 26.4. The second-order valence-electron chi connectivity index (χ2n) is 10.7. The summed E-state index contributed by atoms with van der Waals surface area (Å²) in [6.45, 7) is 0. The molecule has 6 heteroatoms. The molecular weight excluding hydrogens is 742 g/mol. The van der Waals surface area contributed by atoms with Crippen LogP contribution in [0.4, 0.5) is 0 Å². The fraction of sp³-hybridized carbons (Fsp3) is 0. The number of hydrogen-bond donors (Lipinski definition) is 2. The predicted octanol–water partition coefficient (Wildman–Crippen LogP) is 10.6. The van der Waals surface area contributed by atoms with Crippen LogP contribution in [0, 0.1) is 7.14 Å². The molecule has 0 aliphatic carbocycles. The molecule has 0 aliphatic rings. The third kappa shape index (κ3) is 3.64. The molecule has 0 saturated heterocycles. The van der Waals surface area contributed by atoms with Crippen molar-refractivity contribution in [3.63, 3.8) is 0 Å². The van der Waals surface area contributed by atoms with Crippen molar-refractivity contribution in [3.05, 3.63) is 116 Å². The van der Waals surface area contributed by atoms with Crippen molar-refractivity contribution >= 4 is 110 Å². The highest BCUT2D eigenvalue weighted by molar-refractivity contribution is 14.1. The third-order valence-corrected chi connectivity index (χ3v) is 9.61. The second kappa shape index (κ2) is 9.24. The van der Waals surface area contributed by atoms with Gasteiger partial charge in [-0.3, -0.25) is 0 Å². The minimum absolute atomic E-state index is 0.852. The van der Waals surface area contributed by atoms with E-state index in [2.05, 4.69) is 164 Å². The maximum Gasteiger partial charge on any atom is 0.138 e. The van der Waals surface area contributed by atoms with Gasteiger partial charge in [0.1, 0.15) is 11.6 Å². The molecule has 198 valence electrons. The van der Waals surface area contributed by atoms with Gasteiger partial charge in [0.25, 0.3) is 0 Å². The van der Waals surface area contributed by atoms with Crippen LogP contribution in [0.25, 0.3) is 87.9 Å². The first-order valence-corrected chi connectivity index (χ1v) is 15.9. The number of aromatic nitrogens is 4. The van der Waals surface area contributed by atoms with Crippen LogP contribution in [-0.2, 0) is 0 Å². The van der Waals surface area contributed by atoms with Crippen LogP contribution in [0.15, 0.2) is 109 Å². The number of halogens is 2. The molecule has 42 heavy (non-hydrogen) atoms. The number of H-pyrrole nitrogens is 2. The summed E-state index contributed by atoms with van der Waals surface area (Å²) in [6.07, 6.45) is 0. The molecule has 0 aliphatic heterocycles. The fourth-order valence-corrected chi connectivity index (χ4v) is 7.36. The van der Waals surface area contributed by atoms with Crippen LogP contribution in [0.1, 0.15) is 0 Å². The number of benzene rings is 7. The van der Waals surface area contributed by atoms with Gasteiger partial charge in [0.15, 0.2) is 0 Å². The van der Waals surface area contributed by atoms with Crippen LogP contribution >= 0.6 is 45.2 Å². The van der Waals surface area contributed by atoms with E-state index in [0.717, 1.165) is 55.6 Å². The Balaban J connectivity index is 1.26. The number of aromatic amines is 2. The first kappa shape index (κ1) is 24.6. The summed E-state index contributed by atoms with van der Waals surface area (Å²) >= 11 is 4.77. The highest BCUT2D eigenvalue weighted by atomic mass is 127. The quantitative estimate of drug-likeness (QED) is 0.136. The number of hydrogen-bond acceptors (Lipinski definition) is 2. The van der Waals surface area contributed by atoms with Gasteiger partial charge in [0, 0.05) is 39.8 Å². The Morgan fingerprint density at radius 1 is 0.405 bits per heavy atom. The predicted molar refractivity (Wildman–Crippen MR) is 192 cm³/mol.